The van der Waals surface area contributed by atoms with Crippen molar-refractivity contribution in [1.82, 2.24) is 10.3 Å². The molecule has 0 aliphatic heterocycles. The topological polar surface area (TPSA) is 46.4 Å². The van der Waals surface area contributed by atoms with Gasteiger partial charge in [-0.3, -0.25) is 4.79 Å². The van der Waals surface area contributed by atoms with Gasteiger partial charge in [0.15, 0.2) is 6.54 Å². The van der Waals surface area contributed by atoms with Crippen LogP contribution in [-0.4, -0.2) is 30.5 Å². The van der Waals surface area contributed by atoms with Crippen LogP contribution in [0.3, 0.4) is 0 Å². The van der Waals surface area contributed by atoms with E-state index >= 15 is 0 Å². The summed E-state index contributed by atoms with van der Waals surface area (Å²) in [6.07, 6.45) is 1.93. The van der Waals surface area contributed by atoms with Crippen molar-refractivity contribution in [3.05, 3.63) is 65.2 Å². The van der Waals surface area contributed by atoms with Crippen LogP contribution in [0.2, 0.25) is 0 Å². The van der Waals surface area contributed by atoms with Gasteiger partial charge >= 0.3 is 0 Å². The standard InChI is InChI=1S/C21H25N3OS/c1-16(12-13-17-8-4-3-5-9-17)22-20(25)14-24(2)15-21-23-18-10-6-7-11-19(18)26-21/h3-11,16H,12-15H2,1-2H3,(H,22,25)/p+1/t16-/m0/s1. The molecule has 1 unspecified atom stereocenters. The van der Waals surface area contributed by atoms with Gasteiger partial charge in [-0.2, -0.15) is 0 Å². The molecule has 136 valence electrons. The fourth-order valence-corrected chi connectivity index (χ4v) is 4.10. The summed E-state index contributed by atoms with van der Waals surface area (Å²) in [5.41, 5.74) is 2.35. The van der Waals surface area contributed by atoms with Crippen LogP contribution in [0.25, 0.3) is 10.2 Å². The van der Waals surface area contributed by atoms with Gasteiger partial charge < -0.3 is 10.2 Å². The van der Waals surface area contributed by atoms with Crippen LogP contribution in [0.1, 0.15) is 23.9 Å². The summed E-state index contributed by atoms with van der Waals surface area (Å²) in [4.78, 5) is 18.1. The Kier molecular flexibility index (Phi) is 6.36. The van der Waals surface area contributed by atoms with Crippen LogP contribution >= 0.6 is 11.3 Å². The van der Waals surface area contributed by atoms with E-state index in [9.17, 15) is 4.79 Å². The van der Waals surface area contributed by atoms with Gasteiger partial charge in [0.1, 0.15) is 11.6 Å². The molecule has 0 aliphatic rings. The Balaban J connectivity index is 1.43. The Morgan fingerprint density at radius 2 is 1.88 bits per heavy atom. The maximum atomic E-state index is 12.3. The number of hydrogen-bond donors (Lipinski definition) is 2. The van der Waals surface area contributed by atoms with Crippen molar-refractivity contribution in [3.63, 3.8) is 0 Å². The largest absolute Gasteiger partial charge is 0.349 e. The number of aromatic nitrogens is 1. The summed E-state index contributed by atoms with van der Waals surface area (Å²) in [7, 11) is 2.04. The van der Waals surface area contributed by atoms with E-state index in [4.69, 9.17) is 0 Å². The van der Waals surface area contributed by atoms with Crippen LogP contribution in [-0.2, 0) is 17.8 Å². The van der Waals surface area contributed by atoms with Crippen LogP contribution in [0.15, 0.2) is 54.6 Å². The smallest absolute Gasteiger partial charge is 0.275 e. The van der Waals surface area contributed by atoms with E-state index in [0.29, 0.717) is 6.54 Å². The van der Waals surface area contributed by atoms with Crippen LogP contribution < -0.4 is 10.2 Å². The second-order valence-corrected chi connectivity index (χ2v) is 7.99. The predicted octanol–water partition coefficient (Wildman–Crippen LogP) is 2.45. The SMILES string of the molecule is C[C@@H](CCc1ccccc1)NC(=O)C[NH+](C)Cc1nc2ccccc2s1. The number of likely N-dealkylation sites (N-methyl/N-ethyl adjacent to an activating group) is 1. The Morgan fingerprint density at radius 3 is 2.65 bits per heavy atom. The summed E-state index contributed by atoms with van der Waals surface area (Å²) in [5.74, 6) is 0.101. The lowest BCUT2D eigenvalue weighted by molar-refractivity contribution is -0.885. The van der Waals surface area contributed by atoms with Crippen molar-refractivity contribution in [3.8, 4) is 0 Å². The molecule has 5 heteroatoms. The van der Waals surface area contributed by atoms with Crippen LogP contribution in [0, 0.1) is 0 Å². The minimum absolute atomic E-state index is 0.101. The fraction of sp³-hybridized carbons (Fsp3) is 0.333. The minimum atomic E-state index is 0.101. The molecule has 1 aromatic heterocycles. The molecule has 2 aromatic carbocycles. The number of thiazole rings is 1. The van der Waals surface area contributed by atoms with E-state index in [-0.39, 0.29) is 11.9 Å². The number of benzene rings is 2. The highest BCUT2D eigenvalue weighted by molar-refractivity contribution is 7.18. The van der Waals surface area contributed by atoms with E-state index in [0.717, 1.165) is 34.8 Å². The van der Waals surface area contributed by atoms with Crippen molar-refractivity contribution < 1.29 is 9.69 Å². The van der Waals surface area contributed by atoms with Gasteiger partial charge in [-0.05, 0) is 37.5 Å². The highest BCUT2D eigenvalue weighted by Crippen LogP contribution is 2.20. The van der Waals surface area contributed by atoms with Crippen LogP contribution in [0.4, 0.5) is 0 Å². The number of carbonyl (C=O) groups excluding carboxylic acids is 1. The van der Waals surface area contributed by atoms with Gasteiger partial charge in [-0.25, -0.2) is 4.98 Å². The van der Waals surface area contributed by atoms with E-state index in [1.54, 1.807) is 11.3 Å². The number of quaternary nitrogens is 1. The fourth-order valence-electron chi connectivity index (χ4n) is 3.02. The molecule has 0 bridgehead atoms. The molecule has 2 N–H and O–H groups in total. The Hall–Kier alpha value is -2.24. The minimum Gasteiger partial charge on any atom is -0.349 e. The zero-order valence-electron chi connectivity index (χ0n) is 15.4. The van der Waals surface area contributed by atoms with Gasteiger partial charge in [-0.15, -0.1) is 11.3 Å². The quantitative estimate of drug-likeness (QED) is 0.642. The molecule has 26 heavy (non-hydrogen) atoms. The Bertz CT molecular complexity index is 814. The first kappa shape index (κ1) is 18.5. The Labute approximate surface area is 158 Å². The van der Waals surface area contributed by atoms with Gasteiger partial charge in [0.05, 0.1) is 17.3 Å². The van der Waals surface area contributed by atoms with E-state index in [2.05, 4.69) is 47.6 Å². The maximum absolute atomic E-state index is 12.3. The van der Waals surface area contributed by atoms with Gasteiger partial charge in [-0.1, -0.05) is 42.5 Å². The highest BCUT2D eigenvalue weighted by atomic mass is 32.1. The van der Waals surface area contributed by atoms with Crippen LogP contribution in [0.5, 0.6) is 0 Å². The average molecular weight is 369 g/mol. The summed E-state index contributed by atoms with van der Waals surface area (Å²) < 4.78 is 1.20. The number of nitrogens with zero attached hydrogens (tertiary/aromatic N) is 1. The summed E-state index contributed by atoms with van der Waals surface area (Å²) in [6, 6.07) is 18.7. The molecular formula is C21H26N3OS+. The molecule has 0 fully saturated rings. The van der Waals surface area contributed by atoms with Crippen molar-refractivity contribution in [2.45, 2.75) is 32.4 Å². The number of amides is 1. The number of rotatable bonds is 8. The molecule has 0 saturated carbocycles. The van der Waals surface area contributed by atoms with Gasteiger partial charge in [0.25, 0.3) is 5.91 Å². The predicted molar refractivity (Wildman–Crippen MR) is 107 cm³/mol. The number of para-hydroxylation sites is 1. The lowest BCUT2D eigenvalue weighted by atomic mass is 10.1. The van der Waals surface area contributed by atoms with Gasteiger partial charge in [0.2, 0.25) is 0 Å². The van der Waals surface area contributed by atoms with Crippen molar-refractivity contribution in [2.24, 2.45) is 0 Å². The van der Waals surface area contributed by atoms with E-state index in [1.807, 2.05) is 31.3 Å². The zero-order valence-corrected chi connectivity index (χ0v) is 16.2. The average Bonchev–Trinajstić information content (AvgIpc) is 3.02. The molecule has 1 amide bonds. The molecule has 3 aromatic rings. The molecule has 0 saturated heterocycles. The molecule has 4 nitrogen and oxygen atoms in total. The monoisotopic (exact) mass is 368 g/mol. The second-order valence-electron chi connectivity index (χ2n) is 6.88. The summed E-state index contributed by atoms with van der Waals surface area (Å²) >= 11 is 1.71. The molecule has 0 radical (unpaired) electrons. The number of fused-ring (bicyclic) bond motifs is 1. The number of hydrogen-bond acceptors (Lipinski definition) is 3. The van der Waals surface area contributed by atoms with E-state index < -0.39 is 0 Å². The Morgan fingerprint density at radius 1 is 1.15 bits per heavy atom. The van der Waals surface area contributed by atoms with E-state index in [1.165, 1.54) is 10.3 Å². The molecule has 3 rings (SSSR count). The summed E-state index contributed by atoms with van der Waals surface area (Å²) in [5, 5.41) is 4.19. The number of aryl methyl sites for hydroxylation is 1. The molecule has 1 heterocycles. The van der Waals surface area contributed by atoms with Gasteiger partial charge in [0, 0.05) is 6.04 Å². The van der Waals surface area contributed by atoms with Crippen molar-refractivity contribution >= 4 is 27.5 Å². The lowest BCUT2D eigenvalue weighted by Gasteiger charge is -2.16. The number of carbonyl (C=O) groups is 1. The highest BCUT2D eigenvalue weighted by Gasteiger charge is 2.15. The summed E-state index contributed by atoms with van der Waals surface area (Å²) in [6.45, 7) is 3.31. The third-order valence-corrected chi connectivity index (χ3v) is 5.41. The maximum Gasteiger partial charge on any atom is 0.275 e. The first-order valence-corrected chi connectivity index (χ1v) is 9.91. The third kappa shape index (κ3) is 5.38. The zero-order chi connectivity index (χ0) is 18.4. The first-order valence-electron chi connectivity index (χ1n) is 9.09. The molecule has 0 spiro atoms. The second kappa shape index (κ2) is 8.92. The normalized spacial score (nSPS) is 13.5. The first-order chi connectivity index (χ1) is 12.6. The molecule has 0 aliphatic carbocycles. The third-order valence-electron chi connectivity index (χ3n) is 4.37. The molecule has 2 atom stereocenters. The molecular weight excluding hydrogens is 342 g/mol. The number of nitrogens with one attached hydrogen (secondary N) is 2. The van der Waals surface area contributed by atoms with Crippen molar-refractivity contribution in [2.75, 3.05) is 13.6 Å². The lowest BCUT2D eigenvalue weighted by Crippen LogP contribution is -3.09. The van der Waals surface area contributed by atoms with Crippen molar-refractivity contribution in [1.29, 1.82) is 0 Å².